The van der Waals surface area contributed by atoms with Gasteiger partial charge in [0, 0.05) is 21.9 Å². The fourth-order valence-corrected chi connectivity index (χ4v) is 3.99. The highest BCUT2D eigenvalue weighted by Crippen LogP contribution is 2.25. The van der Waals surface area contributed by atoms with Crippen LogP contribution in [-0.4, -0.2) is 11.7 Å². The second-order valence-electron chi connectivity index (χ2n) is 6.93. The zero-order valence-corrected chi connectivity index (χ0v) is 17.0. The quantitative estimate of drug-likeness (QED) is 0.253. The van der Waals surface area contributed by atoms with Gasteiger partial charge in [-0.15, -0.1) is 11.8 Å². The van der Waals surface area contributed by atoms with E-state index in [2.05, 4.69) is 12.1 Å². The smallest absolute Gasteiger partial charge is 0.336 e. The highest BCUT2D eigenvalue weighted by molar-refractivity contribution is 8.00. The van der Waals surface area contributed by atoms with Crippen molar-refractivity contribution in [3.63, 3.8) is 0 Å². The normalized spacial score (nSPS) is 11.1. The van der Waals surface area contributed by atoms with E-state index in [4.69, 9.17) is 9.15 Å². The third kappa shape index (κ3) is 4.20. The Morgan fingerprint density at radius 2 is 1.79 bits per heavy atom. The van der Waals surface area contributed by atoms with Crippen LogP contribution in [-0.2, 0) is 16.1 Å². The number of thioether (sulfide) groups is 1. The van der Waals surface area contributed by atoms with Crippen LogP contribution in [0.15, 0.2) is 74.8 Å². The predicted molar refractivity (Wildman–Crippen MR) is 116 cm³/mol. The van der Waals surface area contributed by atoms with Crippen molar-refractivity contribution in [3.8, 4) is 0 Å². The van der Waals surface area contributed by atoms with Gasteiger partial charge in [0.25, 0.3) is 0 Å². The van der Waals surface area contributed by atoms with Gasteiger partial charge in [-0.2, -0.15) is 0 Å². The molecule has 4 aromatic rings. The molecule has 146 valence electrons. The zero-order chi connectivity index (χ0) is 20.4. The van der Waals surface area contributed by atoms with E-state index in [1.165, 1.54) is 23.2 Å². The number of carbonyl (C=O) groups excluding carboxylic acids is 1. The number of aryl methyl sites for hydroxylation is 2. The van der Waals surface area contributed by atoms with Gasteiger partial charge in [0.05, 0.1) is 5.75 Å². The van der Waals surface area contributed by atoms with Crippen molar-refractivity contribution in [2.24, 2.45) is 0 Å². The number of rotatable bonds is 5. The summed E-state index contributed by atoms with van der Waals surface area (Å²) < 4.78 is 10.8. The first-order chi connectivity index (χ1) is 14.0. The topological polar surface area (TPSA) is 56.5 Å². The Bertz CT molecular complexity index is 1270. The lowest BCUT2D eigenvalue weighted by Crippen LogP contribution is -2.09. The Morgan fingerprint density at radius 1 is 1.00 bits per heavy atom. The van der Waals surface area contributed by atoms with Crippen LogP contribution in [0.3, 0.4) is 0 Å². The van der Waals surface area contributed by atoms with Gasteiger partial charge in [-0.1, -0.05) is 42.5 Å². The first kappa shape index (κ1) is 19.3. The molecule has 0 N–H and O–H groups in total. The number of ether oxygens (including phenoxy) is 1. The van der Waals surface area contributed by atoms with Gasteiger partial charge in [-0.3, -0.25) is 4.79 Å². The molecule has 0 aliphatic carbocycles. The van der Waals surface area contributed by atoms with Crippen molar-refractivity contribution in [2.45, 2.75) is 25.3 Å². The number of fused-ring (bicyclic) bond motifs is 2. The molecule has 4 rings (SSSR count). The second kappa shape index (κ2) is 8.13. The predicted octanol–water partition coefficient (Wildman–Crippen LogP) is 5.40. The van der Waals surface area contributed by atoms with Crippen LogP contribution < -0.4 is 5.63 Å². The number of benzene rings is 3. The maximum Gasteiger partial charge on any atom is 0.336 e. The minimum atomic E-state index is -0.442. The molecule has 0 fully saturated rings. The van der Waals surface area contributed by atoms with Crippen molar-refractivity contribution >= 4 is 39.5 Å². The first-order valence-corrected chi connectivity index (χ1v) is 10.3. The second-order valence-corrected chi connectivity index (χ2v) is 7.98. The molecule has 0 aliphatic heterocycles. The van der Waals surface area contributed by atoms with Gasteiger partial charge in [0.1, 0.15) is 12.2 Å². The van der Waals surface area contributed by atoms with Crippen molar-refractivity contribution in [1.29, 1.82) is 0 Å². The average Bonchev–Trinajstić information content (AvgIpc) is 2.73. The Morgan fingerprint density at radius 3 is 2.62 bits per heavy atom. The summed E-state index contributed by atoms with van der Waals surface area (Å²) in [7, 11) is 0. The summed E-state index contributed by atoms with van der Waals surface area (Å²) >= 11 is 1.43. The summed E-state index contributed by atoms with van der Waals surface area (Å²) in [5.41, 5.74) is 2.72. The first-order valence-electron chi connectivity index (χ1n) is 9.31. The number of hydrogen-bond donors (Lipinski definition) is 0. The molecule has 0 amide bonds. The maximum atomic E-state index is 12.3. The van der Waals surface area contributed by atoms with Crippen molar-refractivity contribution in [1.82, 2.24) is 0 Å². The lowest BCUT2D eigenvalue weighted by Gasteiger charge is -2.10. The van der Waals surface area contributed by atoms with Crippen LogP contribution >= 0.6 is 11.8 Å². The molecule has 0 saturated carbocycles. The Labute approximate surface area is 172 Å². The molecular formula is C24H20O4S. The summed E-state index contributed by atoms with van der Waals surface area (Å²) in [6.07, 6.45) is 0. The summed E-state index contributed by atoms with van der Waals surface area (Å²) in [5, 5.41) is 3.10. The molecule has 3 aromatic carbocycles. The summed E-state index contributed by atoms with van der Waals surface area (Å²) in [6.45, 7) is 3.92. The van der Waals surface area contributed by atoms with Crippen LogP contribution in [0.1, 0.15) is 16.7 Å². The number of esters is 1. The molecule has 0 bridgehead atoms. The zero-order valence-electron chi connectivity index (χ0n) is 16.2. The van der Waals surface area contributed by atoms with E-state index in [0.717, 1.165) is 26.8 Å². The molecule has 5 heteroatoms. The lowest BCUT2D eigenvalue weighted by atomic mass is 10.0. The fraction of sp³-hybridized carbons (Fsp3) is 0.167. The van der Waals surface area contributed by atoms with Crippen LogP contribution in [0.2, 0.25) is 0 Å². The molecule has 1 aromatic heterocycles. The minimum Gasteiger partial charge on any atom is -0.460 e. The van der Waals surface area contributed by atoms with Gasteiger partial charge in [0.2, 0.25) is 0 Å². The Balaban J connectivity index is 1.44. The molecular weight excluding hydrogens is 384 g/mol. The maximum absolute atomic E-state index is 12.3. The summed E-state index contributed by atoms with van der Waals surface area (Å²) in [4.78, 5) is 25.2. The molecule has 0 aliphatic rings. The highest BCUT2D eigenvalue weighted by atomic mass is 32.2. The monoisotopic (exact) mass is 404 g/mol. The molecule has 29 heavy (non-hydrogen) atoms. The van der Waals surface area contributed by atoms with E-state index < -0.39 is 5.63 Å². The fourth-order valence-electron chi connectivity index (χ4n) is 3.24. The van der Waals surface area contributed by atoms with Gasteiger partial charge >= 0.3 is 11.6 Å². The van der Waals surface area contributed by atoms with E-state index in [0.29, 0.717) is 11.1 Å². The van der Waals surface area contributed by atoms with Gasteiger partial charge in [-0.05, 0) is 47.9 Å². The van der Waals surface area contributed by atoms with Crippen LogP contribution in [0, 0.1) is 13.8 Å². The molecule has 0 atom stereocenters. The third-order valence-electron chi connectivity index (χ3n) is 4.98. The standard InChI is InChI=1S/C24H20O4S/c1-15-7-10-21-19(12-22(25)28-24(21)16(15)2)13-27-23(26)14-29-20-9-8-17-5-3-4-6-18(17)11-20/h3-12H,13-14H2,1-2H3. The van der Waals surface area contributed by atoms with E-state index in [-0.39, 0.29) is 18.3 Å². The molecule has 0 spiro atoms. The molecule has 0 saturated heterocycles. The van der Waals surface area contributed by atoms with Gasteiger partial charge in [0.15, 0.2) is 0 Å². The van der Waals surface area contributed by atoms with Crippen molar-refractivity contribution in [2.75, 3.05) is 5.75 Å². The van der Waals surface area contributed by atoms with Crippen molar-refractivity contribution in [3.05, 3.63) is 87.8 Å². The summed E-state index contributed by atoms with van der Waals surface area (Å²) in [6, 6.07) is 19.5. The highest BCUT2D eigenvalue weighted by Gasteiger charge is 2.12. The number of carbonyl (C=O) groups is 1. The van der Waals surface area contributed by atoms with Crippen LogP contribution in [0.5, 0.6) is 0 Å². The Hall–Kier alpha value is -3.05. The van der Waals surface area contributed by atoms with E-state index in [1.54, 1.807) is 0 Å². The SMILES string of the molecule is Cc1ccc2c(COC(=O)CSc3ccc4ccccc4c3)cc(=O)oc2c1C. The molecule has 4 nitrogen and oxygen atoms in total. The molecule has 0 unspecified atom stereocenters. The lowest BCUT2D eigenvalue weighted by molar-refractivity contribution is -0.141. The summed E-state index contributed by atoms with van der Waals surface area (Å²) in [5.74, 6) is -0.121. The largest absolute Gasteiger partial charge is 0.460 e. The Kier molecular flexibility index (Phi) is 5.41. The molecule has 1 heterocycles. The van der Waals surface area contributed by atoms with E-state index >= 15 is 0 Å². The average molecular weight is 404 g/mol. The number of hydrogen-bond acceptors (Lipinski definition) is 5. The van der Waals surface area contributed by atoms with E-state index in [1.807, 2.05) is 56.3 Å². The third-order valence-corrected chi connectivity index (χ3v) is 5.95. The van der Waals surface area contributed by atoms with Crippen LogP contribution in [0.4, 0.5) is 0 Å². The van der Waals surface area contributed by atoms with E-state index in [9.17, 15) is 9.59 Å². The van der Waals surface area contributed by atoms with Gasteiger partial charge < -0.3 is 9.15 Å². The molecule has 0 radical (unpaired) electrons. The van der Waals surface area contributed by atoms with Crippen molar-refractivity contribution < 1.29 is 13.9 Å². The van der Waals surface area contributed by atoms with Gasteiger partial charge in [-0.25, -0.2) is 4.79 Å². The van der Waals surface area contributed by atoms with Crippen LogP contribution in [0.25, 0.3) is 21.7 Å². The minimum absolute atomic E-state index is 0.0434.